The van der Waals surface area contributed by atoms with Gasteiger partial charge in [0.15, 0.2) is 11.5 Å². The Labute approximate surface area is 192 Å². The lowest BCUT2D eigenvalue weighted by Crippen LogP contribution is -2.48. The molecule has 0 unspecified atom stereocenters. The van der Waals surface area contributed by atoms with Gasteiger partial charge in [-0.25, -0.2) is 4.39 Å². The summed E-state index contributed by atoms with van der Waals surface area (Å²) in [7, 11) is 0. The van der Waals surface area contributed by atoms with Crippen LogP contribution in [0.15, 0.2) is 66.7 Å². The van der Waals surface area contributed by atoms with Gasteiger partial charge in [0.1, 0.15) is 18.2 Å². The molecule has 6 nitrogen and oxygen atoms in total. The molecule has 0 aromatic heterocycles. The molecule has 1 amide bonds. The van der Waals surface area contributed by atoms with E-state index >= 15 is 0 Å². The zero-order valence-corrected chi connectivity index (χ0v) is 18.2. The van der Waals surface area contributed by atoms with Gasteiger partial charge in [-0.2, -0.15) is 0 Å². The van der Waals surface area contributed by atoms with E-state index < -0.39 is 0 Å². The third kappa shape index (κ3) is 5.09. The van der Waals surface area contributed by atoms with Crippen molar-refractivity contribution in [2.24, 2.45) is 0 Å². The highest BCUT2D eigenvalue weighted by atomic mass is 19.1. The van der Waals surface area contributed by atoms with Gasteiger partial charge >= 0.3 is 0 Å². The molecule has 1 saturated heterocycles. The molecule has 0 saturated carbocycles. The molecule has 1 fully saturated rings. The minimum Gasteiger partial charge on any atom is -0.489 e. The first-order valence-electron chi connectivity index (χ1n) is 11.0. The molecule has 0 spiro atoms. The summed E-state index contributed by atoms with van der Waals surface area (Å²) in [5, 5.41) is 0. The summed E-state index contributed by atoms with van der Waals surface area (Å²) in [6.07, 6.45) is 0. The number of amides is 1. The minimum atomic E-state index is -0.293. The fourth-order valence-electron chi connectivity index (χ4n) is 4.03. The Kier molecular flexibility index (Phi) is 6.13. The number of ether oxygens (including phenoxy) is 3. The zero-order chi connectivity index (χ0) is 22.6. The van der Waals surface area contributed by atoms with E-state index in [1.54, 1.807) is 12.1 Å². The van der Waals surface area contributed by atoms with E-state index in [0.29, 0.717) is 31.0 Å². The molecule has 2 aliphatic heterocycles. The van der Waals surface area contributed by atoms with Gasteiger partial charge in [0.25, 0.3) is 5.91 Å². The Hall–Kier alpha value is -3.58. The molecule has 2 heterocycles. The minimum absolute atomic E-state index is 0.0451. The number of fused-ring (bicyclic) bond motifs is 1. The smallest absolute Gasteiger partial charge is 0.253 e. The number of halogens is 1. The van der Waals surface area contributed by atoms with Crippen LogP contribution in [0.4, 0.5) is 4.39 Å². The summed E-state index contributed by atoms with van der Waals surface area (Å²) >= 11 is 0. The van der Waals surface area contributed by atoms with Crippen LogP contribution >= 0.6 is 0 Å². The first-order valence-corrected chi connectivity index (χ1v) is 11.0. The van der Waals surface area contributed by atoms with Gasteiger partial charge in [0.2, 0.25) is 6.79 Å². The van der Waals surface area contributed by atoms with Crippen LogP contribution in [0.1, 0.15) is 21.5 Å². The highest BCUT2D eigenvalue weighted by Gasteiger charge is 2.23. The van der Waals surface area contributed by atoms with Crippen molar-refractivity contribution in [1.29, 1.82) is 0 Å². The maximum atomic E-state index is 13.0. The fraction of sp³-hybridized carbons (Fsp3) is 0.269. The third-order valence-corrected chi connectivity index (χ3v) is 5.92. The first kappa shape index (κ1) is 21.3. The Balaban J connectivity index is 1.11. The number of nitrogens with zero attached hydrogens (tertiary/aromatic N) is 2. The van der Waals surface area contributed by atoms with E-state index in [2.05, 4.69) is 11.0 Å². The average molecular weight is 448 g/mol. The van der Waals surface area contributed by atoms with Gasteiger partial charge in [-0.05, 0) is 59.7 Å². The second-order valence-corrected chi connectivity index (χ2v) is 8.20. The molecule has 0 N–H and O–H groups in total. The summed E-state index contributed by atoms with van der Waals surface area (Å²) in [4.78, 5) is 17.2. The highest BCUT2D eigenvalue weighted by Crippen LogP contribution is 2.32. The lowest BCUT2D eigenvalue weighted by Gasteiger charge is -2.34. The third-order valence-electron chi connectivity index (χ3n) is 5.92. The van der Waals surface area contributed by atoms with Crippen molar-refractivity contribution in [1.82, 2.24) is 9.80 Å². The maximum Gasteiger partial charge on any atom is 0.253 e. The van der Waals surface area contributed by atoms with Crippen molar-refractivity contribution in [2.45, 2.75) is 13.2 Å². The van der Waals surface area contributed by atoms with Crippen molar-refractivity contribution >= 4 is 5.91 Å². The molecule has 2 aliphatic rings. The highest BCUT2D eigenvalue weighted by molar-refractivity contribution is 5.94. The quantitative estimate of drug-likeness (QED) is 0.569. The monoisotopic (exact) mass is 448 g/mol. The summed E-state index contributed by atoms with van der Waals surface area (Å²) in [5.74, 6) is 1.95. The van der Waals surface area contributed by atoms with Crippen molar-refractivity contribution < 1.29 is 23.4 Å². The van der Waals surface area contributed by atoms with Crippen LogP contribution in [0.5, 0.6) is 17.2 Å². The first-order chi connectivity index (χ1) is 16.1. The molecular weight excluding hydrogens is 423 g/mol. The zero-order valence-electron chi connectivity index (χ0n) is 18.2. The van der Waals surface area contributed by atoms with Crippen molar-refractivity contribution in [3.63, 3.8) is 0 Å². The topological polar surface area (TPSA) is 51.2 Å². The molecule has 0 aliphatic carbocycles. The molecule has 3 aromatic carbocycles. The van der Waals surface area contributed by atoms with Gasteiger partial charge in [-0.3, -0.25) is 9.69 Å². The number of piperazine rings is 1. The van der Waals surface area contributed by atoms with Crippen LogP contribution in [0.3, 0.4) is 0 Å². The van der Waals surface area contributed by atoms with E-state index in [4.69, 9.17) is 14.2 Å². The van der Waals surface area contributed by atoms with E-state index in [1.807, 2.05) is 41.3 Å². The van der Waals surface area contributed by atoms with Gasteiger partial charge in [0, 0.05) is 38.3 Å². The number of rotatable bonds is 6. The Morgan fingerprint density at radius 2 is 1.55 bits per heavy atom. The van der Waals surface area contributed by atoms with E-state index in [9.17, 15) is 9.18 Å². The van der Waals surface area contributed by atoms with Crippen LogP contribution in [-0.2, 0) is 13.2 Å². The molecule has 3 aromatic rings. The van der Waals surface area contributed by atoms with Crippen molar-refractivity contribution in [3.05, 3.63) is 89.2 Å². The molecule has 7 heteroatoms. The van der Waals surface area contributed by atoms with Gasteiger partial charge in [-0.1, -0.05) is 18.2 Å². The Morgan fingerprint density at radius 3 is 2.30 bits per heavy atom. The molecule has 170 valence electrons. The normalized spacial score (nSPS) is 15.5. The Bertz CT molecular complexity index is 1110. The predicted molar refractivity (Wildman–Crippen MR) is 121 cm³/mol. The summed E-state index contributed by atoms with van der Waals surface area (Å²) in [6.45, 7) is 4.49. The molecule has 33 heavy (non-hydrogen) atoms. The van der Waals surface area contributed by atoms with Gasteiger partial charge in [-0.15, -0.1) is 0 Å². The van der Waals surface area contributed by atoms with Crippen LogP contribution in [0.25, 0.3) is 0 Å². The number of benzene rings is 3. The predicted octanol–water partition coefficient (Wildman–Crippen LogP) is 4.09. The summed E-state index contributed by atoms with van der Waals surface area (Å²) in [6, 6.07) is 19.4. The molecular formula is C26H25FN2O4. The maximum absolute atomic E-state index is 13.0. The molecule has 5 rings (SSSR count). The summed E-state index contributed by atoms with van der Waals surface area (Å²) < 4.78 is 29.5. The van der Waals surface area contributed by atoms with E-state index in [1.165, 1.54) is 17.7 Å². The van der Waals surface area contributed by atoms with Crippen LogP contribution < -0.4 is 14.2 Å². The SMILES string of the molecule is O=C(c1ccc(COc2ccc(F)cc2)cc1)N1CCN(Cc2ccc3c(c2)OCO3)CC1. The van der Waals surface area contributed by atoms with E-state index in [-0.39, 0.29) is 18.5 Å². The number of carbonyl (C=O) groups is 1. The average Bonchev–Trinajstić information content (AvgIpc) is 3.32. The van der Waals surface area contributed by atoms with E-state index in [0.717, 1.165) is 36.7 Å². The number of hydrogen-bond acceptors (Lipinski definition) is 5. The molecule has 0 bridgehead atoms. The number of carbonyl (C=O) groups excluding carboxylic acids is 1. The van der Waals surface area contributed by atoms with Gasteiger partial charge < -0.3 is 19.1 Å². The lowest BCUT2D eigenvalue weighted by molar-refractivity contribution is 0.0628. The van der Waals surface area contributed by atoms with Crippen LogP contribution in [0, 0.1) is 5.82 Å². The number of hydrogen-bond donors (Lipinski definition) is 0. The fourth-order valence-corrected chi connectivity index (χ4v) is 4.03. The van der Waals surface area contributed by atoms with Gasteiger partial charge in [0.05, 0.1) is 0 Å². The second-order valence-electron chi connectivity index (χ2n) is 8.20. The van der Waals surface area contributed by atoms with Crippen LogP contribution in [0.2, 0.25) is 0 Å². The Morgan fingerprint density at radius 1 is 0.848 bits per heavy atom. The largest absolute Gasteiger partial charge is 0.489 e. The van der Waals surface area contributed by atoms with Crippen molar-refractivity contribution in [2.75, 3.05) is 33.0 Å². The van der Waals surface area contributed by atoms with Crippen molar-refractivity contribution in [3.8, 4) is 17.2 Å². The second kappa shape index (κ2) is 9.50. The molecule has 0 atom stereocenters. The summed E-state index contributed by atoms with van der Waals surface area (Å²) in [5.41, 5.74) is 2.80. The lowest BCUT2D eigenvalue weighted by atomic mass is 10.1. The molecule has 0 radical (unpaired) electrons. The van der Waals surface area contributed by atoms with Crippen LogP contribution in [-0.4, -0.2) is 48.7 Å². The standard InChI is InChI=1S/C26H25FN2O4/c27-22-6-8-23(9-7-22)31-17-19-1-4-21(5-2-19)26(30)29-13-11-28(12-14-29)16-20-3-10-24-25(15-20)33-18-32-24/h1-10,15H,11-14,16-18H2.